The lowest BCUT2D eigenvalue weighted by atomic mass is 10.2. The number of ether oxygens (including phenoxy) is 3. The van der Waals surface area contributed by atoms with Crippen LogP contribution in [0.1, 0.15) is 16.8 Å². The third kappa shape index (κ3) is 5.72. The maximum absolute atomic E-state index is 13.8. The van der Waals surface area contributed by atoms with E-state index in [0.717, 1.165) is 17.7 Å². The van der Waals surface area contributed by atoms with Crippen LogP contribution in [0.15, 0.2) is 66.7 Å². The van der Waals surface area contributed by atoms with Gasteiger partial charge in [0.05, 0.1) is 14.2 Å². The first-order valence-corrected chi connectivity index (χ1v) is 12.1. The van der Waals surface area contributed by atoms with Crippen LogP contribution in [0.2, 0.25) is 0 Å². The zero-order valence-electron chi connectivity index (χ0n) is 20.4. The maximum Gasteiger partial charge on any atom is 0.260 e. The highest BCUT2D eigenvalue weighted by Crippen LogP contribution is 2.40. The van der Waals surface area contributed by atoms with Gasteiger partial charge in [-0.25, -0.2) is 4.98 Å². The summed E-state index contributed by atoms with van der Waals surface area (Å²) in [6.07, 6.45) is 0.795. The van der Waals surface area contributed by atoms with Crippen LogP contribution >= 0.6 is 11.3 Å². The van der Waals surface area contributed by atoms with E-state index >= 15 is 0 Å². The van der Waals surface area contributed by atoms with Crippen molar-refractivity contribution in [3.05, 3.63) is 72.3 Å². The van der Waals surface area contributed by atoms with Gasteiger partial charge in [0, 0.05) is 12.1 Å². The molecule has 0 saturated carbocycles. The molecule has 8 heteroatoms. The predicted molar refractivity (Wildman–Crippen MR) is 141 cm³/mol. The van der Waals surface area contributed by atoms with Gasteiger partial charge in [-0.15, -0.1) is 0 Å². The molecule has 35 heavy (non-hydrogen) atoms. The second kappa shape index (κ2) is 11.2. The second-order valence-corrected chi connectivity index (χ2v) is 9.18. The Bertz CT molecular complexity index is 1250. The van der Waals surface area contributed by atoms with Crippen LogP contribution in [0.3, 0.4) is 0 Å². The molecule has 0 unspecified atom stereocenters. The van der Waals surface area contributed by atoms with Gasteiger partial charge in [0.2, 0.25) is 0 Å². The van der Waals surface area contributed by atoms with Crippen molar-refractivity contribution in [2.45, 2.75) is 6.42 Å². The SMILES string of the molecule is COc1ccc(OC)c2sc(N(CCCN(C)C)C(=O)c3cccc(Oc4ccccc4)c3)nc12. The van der Waals surface area contributed by atoms with Gasteiger partial charge in [-0.05, 0) is 69.5 Å². The summed E-state index contributed by atoms with van der Waals surface area (Å²) >= 11 is 1.42. The Morgan fingerprint density at radius 2 is 1.60 bits per heavy atom. The first-order valence-electron chi connectivity index (χ1n) is 11.3. The fourth-order valence-electron chi connectivity index (χ4n) is 3.69. The molecular weight excluding hydrogens is 462 g/mol. The van der Waals surface area contributed by atoms with E-state index in [-0.39, 0.29) is 5.91 Å². The van der Waals surface area contributed by atoms with Crippen molar-refractivity contribution in [1.29, 1.82) is 0 Å². The Hall–Kier alpha value is -3.62. The van der Waals surface area contributed by atoms with Gasteiger partial charge in [-0.2, -0.15) is 0 Å². The van der Waals surface area contributed by atoms with Crippen LogP contribution in [0.5, 0.6) is 23.0 Å². The minimum absolute atomic E-state index is 0.140. The number of thiazole rings is 1. The van der Waals surface area contributed by atoms with Crippen molar-refractivity contribution in [3.8, 4) is 23.0 Å². The van der Waals surface area contributed by atoms with Crippen LogP contribution in [0.25, 0.3) is 10.2 Å². The van der Waals surface area contributed by atoms with Gasteiger partial charge >= 0.3 is 0 Å². The van der Waals surface area contributed by atoms with Crippen LogP contribution in [0, 0.1) is 0 Å². The standard InChI is InChI=1S/C27H29N3O4S/c1-29(2)16-9-17-30(27-28-24-22(32-3)14-15-23(33-4)25(24)35-27)26(31)19-10-8-13-21(18-19)34-20-11-6-5-7-12-20/h5-8,10-15,18H,9,16-17H2,1-4H3. The molecule has 0 spiro atoms. The molecule has 4 aromatic rings. The minimum atomic E-state index is -0.140. The number of para-hydroxylation sites is 1. The lowest BCUT2D eigenvalue weighted by Crippen LogP contribution is -2.33. The van der Waals surface area contributed by atoms with E-state index in [9.17, 15) is 4.79 Å². The van der Waals surface area contributed by atoms with Crippen LogP contribution < -0.4 is 19.1 Å². The molecule has 7 nitrogen and oxygen atoms in total. The number of rotatable bonds is 10. The van der Waals surface area contributed by atoms with Gasteiger partial charge in [0.15, 0.2) is 5.13 Å². The van der Waals surface area contributed by atoms with Crippen molar-refractivity contribution < 1.29 is 19.0 Å². The predicted octanol–water partition coefficient (Wildman–Crippen LogP) is 5.70. The van der Waals surface area contributed by atoms with Crippen molar-refractivity contribution in [1.82, 2.24) is 9.88 Å². The monoisotopic (exact) mass is 491 g/mol. The molecule has 4 rings (SSSR count). The average molecular weight is 492 g/mol. The van der Waals surface area contributed by atoms with Gasteiger partial charge in [-0.1, -0.05) is 35.6 Å². The number of methoxy groups -OCH3 is 2. The fraction of sp³-hybridized carbons (Fsp3) is 0.259. The van der Waals surface area contributed by atoms with Crippen LogP contribution in [-0.2, 0) is 0 Å². The van der Waals surface area contributed by atoms with E-state index in [2.05, 4.69) is 4.90 Å². The lowest BCUT2D eigenvalue weighted by Gasteiger charge is -2.21. The number of hydrogen-bond donors (Lipinski definition) is 0. The first-order chi connectivity index (χ1) is 17.0. The van der Waals surface area contributed by atoms with Gasteiger partial charge < -0.3 is 19.1 Å². The zero-order chi connectivity index (χ0) is 24.8. The summed E-state index contributed by atoms with van der Waals surface area (Å²) in [5, 5.41) is 0.598. The number of carbonyl (C=O) groups is 1. The van der Waals surface area contributed by atoms with E-state index in [1.807, 2.05) is 68.7 Å². The fourth-order valence-corrected chi connectivity index (χ4v) is 4.79. The molecule has 1 heterocycles. The molecule has 0 aliphatic heterocycles. The van der Waals surface area contributed by atoms with Crippen LogP contribution in [-0.4, -0.2) is 57.2 Å². The zero-order valence-corrected chi connectivity index (χ0v) is 21.2. The highest BCUT2D eigenvalue weighted by Gasteiger charge is 2.24. The molecule has 0 radical (unpaired) electrons. The number of amides is 1. The summed E-state index contributed by atoms with van der Waals surface area (Å²) in [7, 11) is 7.27. The molecule has 3 aromatic carbocycles. The van der Waals surface area contributed by atoms with Crippen molar-refractivity contribution in [2.24, 2.45) is 0 Å². The summed E-state index contributed by atoms with van der Waals surface area (Å²) in [5.74, 6) is 2.51. The van der Waals surface area contributed by atoms with Crippen molar-refractivity contribution in [2.75, 3.05) is 46.3 Å². The molecular formula is C27H29N3O4S. The smallest absolute Gasteiger partial charge is 0.260 e. The summed E-state index contributed by atoms with van der Waals surface area (Å²) in [5.41, 5.74) is 1.21. The van der Waals surface area contributed by atoms with Crippen LogP contribution in [0.4, 0.5) is 5.13 Å². The number of fused-ring (bicyclic) bond motifs is 1. The van der Waals surface area contributed by atoms with Crippen molar-refractivity contribution in [3.63, 3.8) is 0 Å². The highest BCUT2D eigenvalue weighted by atomic mass is 32.1. The third-order valence-corrected chi connectivity index (χ3v) is 6.51. The quantitative estimate of drug-likeness (QED) is 0.283. The van der Waals surface area contributed by atoms with Gasteiger partial charge in [0.25, 0.3) is 5.91 Å². The van der Waals surface area contributed by atoms with Gasteiger partial charge in [-0.3, -0.25) is 9.69 Å². The Balaban J connectivity index is 1.69. The summed E-state index contributed by atoms with van der Waals surface area (Å²) in [6.45, 7) is 1.36. The molecule has 1 aromatic heterocycles. The Morgan fingerprint density at radius 1 is 0.886 bits per heavy atom. The first kappa shape index (κ1) is 24.5. The molecule has 0 saturated heterocycles. The van der Waals surface area contributed by atoms with Gasteiger partial charge in [0.1, 0.15) is 33.2 Å². The Labute approximate surface area is 209 Å². The molecule has 0 N–H and O–H groups in total. The topological polar surface area (TPSA) is 64.1 Å². The van der Waals surface area contributed by atoms with E-state index in [4.69, 9.17) is 19.2 Å². The average Bonchev–Trinajstić information content (AvgIpc) is 3.31. The minimum Gasteiger partial charge on any atom is -0.495 e. The van der Waals surface area contributed by atoms with E-state index in [0.29, 0.717) is 45.8 Å². The molecule has 0 bridgehead atoms. The number of carbonyl (C=O) groups excluding carboxylic acids is 1. The third-order valence-electron chi connectivity index (χ3n) is 5.42. The molecule has 182 valence electrons. The molecule has 0 aliphatic carbocycles. The van der Waals surface area contributed by atoms with E-state index in [1.54, 1.807) is 31.3 Å². The molecule has 1 amide bonds. The van der Waals surface area contributed by atoms with E-state index in [1.165, 1.54) is 11.3 Å². The number of benzene rings is 3. The summed E-state index contributed by atoms with van der Waals surface area (Å²) in [4.78, 5) is 22.4. The summed E-state index contributed by atoms with van der Waals surface area (Å²) in [6, 6.07) is 20.4. The van der Waals surface area contributed by atoms with E-state index < -0.39 is 0 Å². The number of aromatic nitrogens is 1. The largest absolute Gasteiger partial charge is 0.495 e. The number of nitrogens with zero attached hydrogens (tertiary/aromatic N) is 3. The molecule has 0 fully saturated rings. The van der Waals surface area contributed by atoms with Crippen molar-refractivity contribution >= 4 is 32.6 Å². The Kier molecular flexibility index (Phi) is 7.84. The molecule has 0 aliphatic rings. The molecule has 0 atom stereocenters. The summed E-state index contributed by atoms with van der Waals surface area (Å²) < 4.78 is 17.8. The maximum atomic E-state index is 13.8. The lowest BCUT2D eigenvalue weighted by molar-refractivity contribution is 0.0985. The second-order valence-electron chi connectivity index (χ2n) is 8.20. The number of anilines is 1. The number of hydrogen-bond acceptors (Lipinski definition) is 7. The normalized spacial score (nSPS) is 11.0. The Morgan fingerprint density at radius 3 is 2.31 bits per heavy atom. The highest BCUT2D eigenvalue weighted by molar-refractivity contribution is 7.22.